The average Bonchev–Trinajstić information content (AvgIpc) is 2.52. The topological polar surface area (TPSA) is 63.3 Å². The second-order valence-corrected chi connectivity index (χ2v) is 5.15. The summed E-state index contributed by atoms with van der Waals surface area (Å²) in [5.74, 6) is -0.746. The molecule has 0 atom stereocenters. The number of benzene rings is 1. The van der Waals surface area contributed by atoms with Gasteiger partial charge in [0.25, 0.3) is 0 Å². The van der Waals surface area contributed by atoms with Crippen molar-refractivity contribution in [3.8, 4) is 0 Å². The van der Waals surface area contributed by atoms with Crippen LogP contribution in [0, 0.1) is 11.6 Å². The van der Waals surface area contributed by atoms with Crippen LogP contribution in [0.25, 0.3) is 0 Å². The van der Waals surface area contributed by atoms with Crippen molar-refractivity contribution >= 4 is 29.9 Å². The number of nitrogens with zero attached hydrogens (tertiary/aromatic N) is 2. The Bertz CT molecular complexity index is 630. The van der Waals surface area contributed by atoms with Crippen LogP contribution in [0.1, 0.15) is 17.7 Å². The smallest absolute Gasteiger partial charge is 0.188 e. The van der Waals surface area contributed by atoms with E-state index >= 15 is 0 Å². The van der Waals surface area contributed by atoms with Gasteiger partial charge in [-0.05, 0) is 42.7 Å². The highest BCUT2D eigenvalue weighted by Crippen LogP contribution is 2.09. The lowest BCUT2D eigenvalue weighted by Crippen LogP contribution is -2.33. The number of pyridine rings is 1. The molecule has 1 aromatic heterocycles. The molecule has 0 bridgehead atoms. The predicted octanol–water partition coefficient (Wildman–Crippen LogP) is 3.06. The van der Waals surface area contributed by atoms with Crippen molar-refractivity contribution < 1.29 is 8.78 Å². The normalized spacial score (nSPS) is 11.0. The number of hydrogen-bond acceptors (Lipinski definition) is 2. The van der Waals surface area contributed by atoms with Gasteiger partial charge in [-0.1, -0.05) is 6.07 Å². The molecule has 1 aromatic carbocycles. The Morgan fingerprint density at radius 2 is 1.88 bits per heavy atom. The molecule has 2 rings (SSSR count). The predicted molar refractivity (Wildman–Crippen MR) is 103 cm³/mol. The van der Waals surface area contributed by atoms with Gasteiger partial charge in [-0.25, -0.2) is 8.78 Å². The van der Waals surface area contributed by atoms with E-state index in [1.165, 1.54) is 12.1 Å². The van der Waals surface area contributed by atoms with Crippen LogP contribution < -0.4 is 11.1 Å². The van der Waals surface area contributed by atoms with Crippen molar-refractivity contribution in [2.24, 2.45) is 10.7 Å². The van der Waals surface area contributed by atoms with E-state index in [4.69, 9.17) is 5.73 Å². The van der Waals surface area contributed by atoms with Gasteiger partial charge in [0.2, 0.25) is 0 Å². The fraction of sp³-hybridized carbons (Fsp3) is 0.294. The van der Waals surface area contributed by atoms with Crippen molar-refractivity contribution in [3.05, 3.63) is 65.5 Å². The lowest BCUT2D eigenvalue weighted by molar-refractivity contribution is 0.578. The number of halogens is 3. The highest BCUT2D eigenvalue weighted by atomic mass is 127. The van der Waals surface area contributed by atoms with Crippen LogP contribution in [-0.4, -0.2) is 24.0 Å². The highest BCUT2D eigenvalue weighted by Gasteiger charge is 2.00. The molecule has 0 aliphatic carbocycles. The molecule has 0 spiro atoms. The number of aryl methyl sites for hydroxylation is 1. The largest absolute Gasteiger partial charge is 0.370 e. The molecule has 0 fully saturated rings. The van der Waals surface area contributed by atoms with E-state index in [0.29, 0.717) is 37.5 Å². The van der Waals surface area contributed by atoms with E-state index in [0.717, 1.165) is 18.2 Å². The lowest BCUT2D eigenvalue weighted by atomic mass is 10.1. The summed E-state index contributed by atoms with van der Waals surface area (Å²) < 4.78 is 26.1. The van der Waals surface area contributed by atoms with Crippen LogP contribution in [0.4, 0.5) is 8.78 Å². The van der Waals surface area contributed by atoms with Crippen LogP contribution >= 0.6 is 24.0 Å². The number of aromatic nitrogens is 1. The molecule has 0 saturated carbocycles. The number of guanidine groups is 1. The maximum absolute atomic E-state index is 13.0. The highest BCUT2D eigenvalue weighted by molar-refractivity contribution is 14.0. The summed E-state index contributed by atoms with van der Waals surface area (Å²) in [5, 5.41) is 3.02. The first-order valence-corrected chi connectivity index (χ1v) is 7.52. The molecule has 1 heterocycles. The maximum Gasteiger partial charge on any atom is 0.188 e. The summed E-state index contributed by atoms with van der Waals surface area (Å²) >= 11 is 0. The summed E-state index contributed by atoms with van der Waals surface area (Å²) in [6.07, 6.45) is 3.74. The Morgan fingerprint density at radius 3 is 2.54 bits per heavy atom. The molecule has 3 N–H and O–H groups in total. The molecule has 130 valence electrons. The van der Waals surface area contributed by atoms with E-state index in [-0.39, 0.29) is 24.0 Å². The van der Waals surface area contributed by atoms with Gasteiger partial charge in [-0.15, -0.1) is 24.0 Å². The van der Waals surface area contributed by atoms with Gasteiger partial charge in [0.15, 0.2) is 5.96 Å². The third-order valence-corrected chi connectivity index (χ3v) is 3.24. The first-order chi connectivity index (χ1) is 11.1. The number of nitrogens with two attached hydrogens (primary N) is 1. The van der Waals surface area contributed by atoms with Crippen molar-refractivity contribution in [3.63, 3.8) is 0 Å². The minimum Gasteiger partial charge on any atom is -0.370 e. The van der Waals surface area contributed by atoms with Crippen LogP contribution in [-0.2, 0) is 12.8 Å². The third-order valence-electron chi connectivity index (χ3n) is 3.24. The van der Waals surface area contributed by atoms with Crippen molar-refractivity contribution in [1.29, 1.82) is 0 Å². The van der Waals surface area contributed by atoms with E-state index in [1.54, 1.807) is 6.20 Å². The van der Waals surface area contributed by atoms with Gasteiger partial charge in [0.1, 0.15) is 11.6 Å². The standard InChI is InChI=1S/C17H20F2N4.HI/c18-14-10-13(11-15(19)12-14)4-3-8-22-17(20)23-9-6-16-5-1-2-7-21-16;/h1-2,5,7,10-12H,3-4,6,8-9H2,(H3,20,22,23);1H. The van der Waals surface area contributed by atoms with Gasteiger partial charge in [0, 0.05) is 37.5 Å². The van der Waals surface area contributed by atoms with Crippen molar-refractivity contribution in [1.82, 2.24) is 10.3 Å². The molecule has 0 aliphatic heterocycles. The molecule has 0 radical (unpaired) electrons. The number of nitrogens with one attached hydrogen (secondary N) is 1. The first kappa shape index (κ1) is 20.3. The summed E-state index contributed by atoms with van der Waals surface area (Å²) in [6, 6.07) is 9.30. The Morgan fingerprint density at radius 1 is 1.12 bits per heavy atom. The van der Waals surface area contributed by atoms with Crippen molar-refractivity contribution in [2.45, 2.75) is 19.3 Å². The molecule has 0 aliphatic rings. The molecular formula is C17H21F2IN4. The molecular weight excluding hydrogens is 425 g/mol. The molecule has 0 amide bonds. The molecule has 0 unspecified atom stereocenters. The first-order valence-electron chi connectivity index (χ1n) is 7.52. The zero-order valence-electron chi connectivity index (χ0n) is 13.2. The average molecular weight is 446 g/mol. The van der Waals surface area contributed by atoms with Crippen LogP contribution in [0.3, 0.4) is 0 Å². The molecule has 24 heavy (non-hydrogen) atoms. The maximum atomic E-state index is 13.0. The second kappa shape index (κ2) is 10.9. The SMILES string of the molecule is I.NC(=NCCCc1cc(F)cc(F)c1)NCCc1ccccn1. The third kappa shape index (κ3) is 7.67. The summed E-state index contributed by atoms with van der Waals surface area (Å²) in [6.45, 7) is 1.15. The Balaban J connectivity index is 0.00000288. The van der Waals surface area contributed by atoms with Gasteiger partial charge in [-0.3, -0.25) is 9.98 Å². The second-order valence-electron chi connectivity index (χ2n) is 5.15. The quantitative estimate of drug-likeness (QED) is 0.298. The van der Waals surface area contributed by atoms with E-state index in [2.05, 4.69) is 15.3 Å². The van der Waals surface area contributed by atoms with Gasteiger partial charge >= 0.3 is 0 Å². The Labute approximate surface area is 157 Å². The van der Waals surface area contributed by atoms with E-state index in [1.807, 2.05) is 18.2 Å². The number of aliphatic imine (C=N–C) groups is 1. The van der Waals surface area contributed by atoms with Crippen LogP contribution in [0.5, 0.6) is 0 Å². The molecule has 7 heteroatoms. The summed E-state index contributed by atoms with van der Waals surface area (Å²) in [4.78, 5) is 8.41. The molecule has 2 aromatic rings. The van der Waals surface area contributed by atoms with E-state index in [9.17, 15) is 8.78 Å². The molecule has 0 saturated heterocycles. The summed E-state index contributed by atoms with van der Waals surface area (Å²) in [5.41, 5.74) is 7.38. The Hall–Kier alpha value is -1.77. The van der Waals surface area contributed by atoms with Gasteiger partial charge in [0.05, 0.1) is 0 Å². The fourth-order valence-electron chi connectivity index (χ4n) is 2.16. The Kier molecular flexibility index (Phi) is 9.21. The zero-order valence-corrected chi connectivity index (χ0v) is 15.5. The minimum absolute atomic E-state index is 0. The van der Waals surface area contributed by atoms with Gasteiger partial charge in [-0.2, -0.15) is 0 Å². The van der Waals surface area contributed by atoms with Crippen LogP contribution in [0.15, 0.2) is 47.6 Å². The minimum atomic E-state index is -0.556. The van der Waals surface area contributed by atoms with E-state index < -0.39 is 11.6 Å². The van der Waals surface area contributed by atoms with Gasteiger partial charge < -0.3 is 11.1 Å². The molecule has 4 nitrogen and oxygen atoms in total. The number of hydrogen-bond donors (Lipinski definition) is 2. The zero-order chi connectivity index (χ0) is 16.5. The monoisotopic (exact) mass is 446 g/mol. The lowest BCUT2D eigenvalue weighted by Gasteiger charge is -2.05. The summed E-state index contributed by atoms with van der Waals surface area (Å²) in [7, 11) is 0. The number of rotatable bonds is 7. The van der Waals surface area contributed by atoms with Crippen molar-refractivity contribution in [2.75, 3.05) is 13.1 Å². The van der Waals surface area contributed by atoms with Crippen LogP contribution in [0.2, 0.25) is 0 Å². The fourth-order valence-corrected chi connectivity index (χ4v) is 2.16.